The first-order chi connectivity index (χ1) is 13.0. The minimum absolute atomic E-state index is 0.0859. The molecule has 1 heterocycles. The molecule has 1 aliphatic carbocycles. The highest BCUT2D eigenvalue weighted by molar-refractivity contribution is 9.09. The Balaban J connectivity index is 2.20. The van der Waals surface area contributed by atoms with Crippen LogP contribution in [0, 0.1) is 11.6 Å². The van der Waals surface area contributed by atoms with Gasteiger partial charge >= 0.3 is 6.09 Å². The van der Waals surface area contributed by atoms with E-state index in [4.69, 9.17) is 9.47 Å². The van der Waals surface area contributed by atoms with Crippen molar-refractivity contribution in [1.29, 1.82) is 0 Å². The summed E-state index contributed by atoms with van der Waals surface area (Å²) in [4.78, 5) is 18.6. The van der Waals surface area contributed by atoms with Crippen LogP contribution in [0.4, 0.5) is 13.6 Å². The largest absolute Gasteiger partial charge is 0.481 e. The number of nitrogens with zero attached hydrogens (tertiary/aromatic N) is 2. The Morgan fingerprint density at radius 2 is 1.82 bits per heavy atom. The molecule has 0 saturated heterocycles. The normalized spacial score (nSPS) is 19.3. The van der Waals surface area contributed by atoms with Crippen molar-refractivity contribution in [3.63, 3.8) is 0 Å². The summed E-state index contributed by atoms with van der Waals surface area (Å²) in [5.74, 6) is -1.72. The van der Waals surface area contributed by atoms with Crippen molar-refractivity contribution in [2.75, 3.05) is 14.2 Å². The average Bonchev–Trinajstić information content (AvgIpc) is 2.60. The zero-order chi connectivity index (χ0) is 20.8. The summed E-state index contributed by atoms with van der Waals surface area (Å²) in [6.07, 6.45) is 0.861. The Morgan fingerprint density at radius 1 is 1.21 bits per heavy atom. The number of alkyl halides is 1. The molecule has 1 aromatic carbocycles. The van der Waals surface area contributed by atoms with Gasteiger partial charge in [0.25, 0.3) is 0 Å². The number of aromatic nitrogens is 1. The van der Waals surface area contributed by atoms with Crippen LogP contribution in [0.3, 0.4) is 0 Å². The smallest absolute Gasteiger partial charge is 0.410 e. The van der Waals surface area contributed by atoms with Crippen molar-refractivity contribution in [2.24, 2.45) is 0 Å². The topological polar surface area (TPSA) is 51.7 Å². The summed E-state index contributed by atoms with van der Waals surface area (Å²) < 4.78 is 38.8. The Morgan fingerprint density at radius 3 is 2.39 bits per heavy atom. The Kier molecular flexibility index (Phi) is 5.53. The van der Waals surface area contributed by atoms with Gasteiger partial charge in [-0.25, -0.2) is 18.6 Å². The van der Waals surface area contributed by atoms with Crippen molar-refractivity contribution in [1.82, 2.24) is 9.88 Å². The van der Waals surface area contributed by atoms with Gasteiger partial charge in [-0.3, -0.25) is 0 Å². The third kappa shape index (κ3) is 3.79. The first kappa shape index (κ1) is 20.8. The third-order valence-corrected chi connectivity index (χ3v) is 5.64. The van der Waals surface area contributed by atoms with Crippen LogP contribution in [-0.2, 0) is 4.74 Å². The number of fused-ring (bicyclic) bond motifs is 3. The Hall–Kier alpha value is -1.96. The van der Waals surface area contributed by atoms with E-state index in [1.807, 2.05) is 0 Å². The van der Waals surface area contributed by atoms with Gasteiger partial charge in [-0.05, 0) is 51.1 Å². The number of carbonyl (C=O) groups excluding carboxylic acids is 1. The van der Waals surface area contributed by atoms with Crippen LogP contribution in [0.5, 0.6) is 5.88 Å². The van der Waals surface area contributed by atoms with Crippen LogP contribution < -0.4 is 4.74 Å². The van der Waals surface area contributed by atoms with Gasteiger partial charge < -0.3 is 14.4 Å². The van der Waals surface area contributed by atoms with Crippen molar-refractivity contribution in [2.45, 2.75) is 50.1 Å². The molecule has 2 atom stereocenters. The van der Waals surface area contributed by atoms with Gasteiger partial charge in [-0.1, -0.05) is 15.9 Å². The van der Waals surface area contributed by atoms with Crippen molar-refractivity contribution in [3.8, 4) is 5.88 Å². The SMILES string of the molecule is COc1nc2c(c3cc(F)c(F)cc13)C(N(C)C(=O)OC(C)(C)C)CCC2Br. The number of methoxy groups -OCH3 is 1. The van der Waals surface area contributed by atoms with Crippen LogP contribution in [-0.4, -0.2) is 35.7 Å². The van der Waals surface area contributed by atoms with Crippen LogP contribution in [0.2, 0.25) is 0 Å². The molecule has 0 spiro atoms. The molecule has 0 radical (unpaired) electrons. The van der Waals surface area contributed by atoms with E-state index < -0.39 is 23.3 Å². The maximum atomic E-state index is 14.1. The van der Waals surface area contributed by atoms with Gasteiger partial charge in [-0.2, -0.15) is 0 Å². The molecule has 0 fully saturated rings. The molecule has 5 nitrogen and oxygen atoms in total. The molecule has 3 rings (SSSR count). The van der Waals surface area contributed by atoms with E-state index in [0.717, 1.165) is 18.6 Å². The summed E-state index contributed by atoms with van der Waals surface area (Å²) in [6, 6.07) is 1.85. The van der Waals surface area contributed by atoms with Gasteiger partial charge in [0, 0.05) is 18.0 Å². The van der Waals surface area contributed by atoms with Crippen LogP contribution in [0.25, 0.3) is 10.8 Å². The fraction of sp³-hybridized carbons (Fsp3) is 0.500. The fourth-order valence-electron chi connectivity index (χ4n) is 3.49. The van der Waals surface area contributed by atoms with E-state index >= 15 is 0 Å². The predicted molar refractivity (Wildman–Crippen MR) is 106 cm³/mol. The second-order valence-corrected chi connectivity index (χ2v) is 8.99. The lowest BCUT2D eigenvalue weighted by Crippen LogP contribution is -2.38. The van der Waals surface area contributed by atoms with E-state index in [-0.39, 0.29) is 16.7 Å². The molecule has 2 unspecified atom stereocenters. The number of amides is 1. The molecule has 28 heavy (non-hydrogen) atoms. The van der Waals surface area contributed by atoms with Gasteiger partial charge in [0.1, 0.15) is 5.60 Å². The zero-order valence-electron chi connectivity index (χ0n) is 16.5. The highest BCUT2D eigenvalue weighted by atomic mass is 79.9. The fourth-order valence-corrected chi connectivity index (χ4v) is 4.11. The monoisotopic (exact) mass is 456 g/mol. The average molecular weight is 457 g/mol. The number of rotatable bonds is 2. The van der Waals surface area contributed by atoms with Crippen LogP contribution in [0.1, 0.15) is 55.7 Å². The van der Waals surface area contributed by atoms with Crippen molar-refractivity contribution >= 4 is 32.8 Å². The second kappa shape index (κ2) is 7.46. The number of hydrogen-bond donors (Lipinski definition) is 0. The molecular weight excluding hydrogens is 434 g/mol. The minimum Gasteiger partial charge on any atom is -0.481 e. The Bertz CT molecular complexity index is 930. The molecule has 0 bridgehead atoms. The first-order valence-corrected chi connectivity index (χ1v) is 9.91. The number of halogens is 3. The molecule has 8 heteroatoms. The maximum absolute atomic E-state index is 14.1. The highest BCUT2D eigenvalue weighted by Gasteiger charge is 2.36. The van der Waals surface area contributed by atoms with Crippen molar-refractivity contribution in [3.05, 3.63) is 35.0 Å². The quantitative estimate of drug-likeness (QED) is 0.547. The molecule has 0 aliphatic heterocycles. The molecule has 0 N–H and O–H groups in total. The molecule has 0 saturated carbocycles. The van der Waals surface area contributed by atoms with Crippen molar-refractivity contribution < 1.29 is 23.0 Å². The second-order valence-electron chi connectivity index (χ2n) is 7.88. The summed E-state index contributed by atoms with van der Waals surface area (Å²) >= 11 is 3.61. The minimum atomic E-state index is -0.976. The maximum Gasteiger partial charge on any atom is 0.410 e. The lowest BCUT2D eigenvalue weighted by molar-refractivity contribution is 0.0205. The first-order valence-electron chi connectivity index (χ1n) is 9.00. The summed E-state index contributed by atoms with van der Waals surface area (Å²) in [5, 5.41) is 0.842. The summed E-state index contributed by atoms with van der Waals surface area (Å²) in [5.41, 5.74) is 0.689. The number of ether oxygens (including phenoxy) is 2. The molecule has 1 aromatic heterocycles. The summed E-state index contributed by atoms with van der Waals surface area (Å²) in [6.45, 7) is 5.38. The molecule has 2 aromatic rings. The lowest BCUT2D eigenvalue weighted by Gasteiger charge is -2.36. The molecule has 152 valence electrons. The molecular formula is C20H23BrF2N2O3. The van der Waals surface area contributed by atoms with Gasteiger partial charge in [0.2, 0.25) is 5.88 Å². The van der Waals surface area contributed by atoms with Crippen LogP contribution in [0.15, 0.2) is 12.1 Å². The van der Waals surface area contributed by atoms with E-state index in [1.165, 1.54) is 12.0 Å². The molecule has 1 amide bonds. The number of benzene rings is 1. The predicted octanol–water partition coefficient (Wildman–Crippen LogP) is 5.66. The Labute approximate surface area is 171 Å². The summed E-state index contributed by atoms with van der Waals surface area (Å²) in [7, 11) is 3.08. The van der Waals surface area contributed by atoms with Gasteiger partial charge in [0.05, 0.1) is 23.7 Å². The standard InChI is InChI=1S/C20H23BrF2N2O3/c1-20(2,3)28-19(26)25(4)15-7-6-12(21)17-16(15)10-8-13(22)14(23)9-11(10)18(24-17)27-5/h8-9,12,15H,6-7H2,1-5H3. The number of pyridine rings is 1. The third-order valence-electron chi connectivity index (χ3n) is 4.74. The van der Waals surface area contributed by atoms with E-state index in [9.17, 15) is 13.6 Å². The zero-order valence-corrected chi connectivity index (χ0v) is 18.1. The lowest BCUT2D eigenvalue weighted by atomic mass is 9.86. The van der Waals surface area contributed by atoms with Gasteiger partial charge in [0.15, 0.2) is 11.6 Å². The van der Waals surface area contributed by atoms with E-state index in [1.54, 1.807) is 27.8 Å². The molecule has 1 aliphatic rings. The number of hydrogen-bond acceptors (Lipinski definition) is 4. The van der Waals surface area contributed by atoms with Gasteiger partial charge in [-0.15, -0.1) is 0 Å². The van der Waals surface area contributed by atoms with E-state index in [2.05, 4.69) is 20.9 Å². The van der Waals surface area contributed by atoms with Crippen LogP contribution >= 0.6 is 15.9 Å². The van der Waals surface area contributed by atoms with E-state index in [0.29, 0.717) is 28.5 Å². The highest BCUT2D eigenvalue weighted by Crippen LogP contribution is 2.47. The number of carbonyl (C=O) groups is 1.